The van der Waals surface area contributed by atoms with Crippen LogP contribution in [0.4, 0.5) is 10.5 Å². The van der Waals surface area contributed by atoms with E-state index in [0.717, 1.165) is 0 Å². The van der Waals surface area contributed by atoms with Crippen molar-refractivity contribution < 1.29 is 14.7 Å². The van der Waals surface area contributed by atoms with Crippen LogP contribution in [0, 0.1) is 0 Å². The Hall–Kier alpha value is -2.35. The van der Waals surface area contributed by atoms with Gasteiger partial charge in [-0.3, -0.25) is 0 Å². The molecule has 1 atom stereocenters. The molecule has 0 unspecified atom stereocenters. The molecular formula is C11H12N4O3S. The minimum absolute atomic E-state index is 0.145. The number of carbonyl (C=O) groups is 2. The first-order valence-corrected chi connectivity index (χ1v) is 6.39. The average molecular weight is 280 g/mol. The third-order valence-corrected chi connectivity index (χ3v) is 3.04. The molecule has 0 aliphatic heterocycles. The molecule has 8 heteroatoms. The molecule has 7 nitrogen and oxygen atoms in total. The highest BCUT2D eigenvalue weighted by molar-refractivity contribution is 7.08. The predicted octanol–water partition coefficient (Wildman–Crippen LogP) is 1.29. The highest BCUT2D eigenvalue weighted by atomic mass is 32.1. The van der Waals surface area contributed by atoms with E-state index in [-0.39, 0.29) is 6.42 Å². The van der Waals surface area contributed by atoms with Gasteiger partial charge in [-0.15, -0.1) is 0 Å². The van der Waals surface area contributed by atoms with Gasteiger partial charge in [-0.1, -0.05) is 0 Å². The SMILES string of the molecule is O=C(Nc1ccsc1)N[C@H](Cc1cnc[nH]1)C(=O)O. The van der Waals surface area contributed by atoms with Crippen LogP contribution in [0.15, 0.2) is 29.4 Å². The lowest BCUT2D eigenvalue weighted by Crippen LogP contribution is -2.44. The van der Waals surface area contributed by atoms with E-state index in [1.165, 1.54) is 23.9 Å². The van der Waals surface area contributed by atoms with E-state index in [4.69, 9.17) is 5.11 Å². The molecule has 0 spiro atoms. The van der Waals surface area contributed by atoms with Crippen molar-refractivity contribution in [3.63, 3.8) is 0 Å². The van der Waals surface area contributed by atoms with Crippen molar-refractivity contribution in [1.29, 1.82) is 0 Å². The number of carbonyl (C=O) groups excluding carboxylic acids is 1. The molecular weight excluding hydrogens is 268 g/mol. The third-order valence-electron chi connectivity index (χ3n) is 2.36. The van der Waals surface area contributed by atoms with Gasteiger partial charge >= 0.3 is 12.0 Å². The van der Waals surface area contributed by atoms with E-state index < -0.39 is 18.0 Å². The van der Waals surface area contributed by atoms with E-state index in [0.29, 0.717) is 11.4 Å². The van der Waals surface area contributed by atoms with Crippen LogP contribution in [0.1, 0.15) is 5.69 Å². The lowest BCUT2D eigenvalue weighted by molar-refractivity contribution is -0.139. The van der Waals surface area contributed by atoms with Gasteiger partial charge in [0.25, 0.3) is 0 Å². The summed E-state index contributed by atoms with van der Waals surface area (Å²) in [5.74, 6) is -1.10. The quantitative estimate of drug-likeness (QED) is 0.662. The summed E-state index contributed by atoms with van der Waals surface area (Å²) in [4.78, 5) is 29.3. The molecule has 0 bridgehead atoms. The number of aromatic nitrogens is 2. The van der Waals surface area contributed by atoms with Crippen LogP contribution in [0.3, 0.4) is 0 Å². The summed E-state index contributed by atoms with van der Waals surface area (Å²) in [6.07, 6.45) is 3.13. The largest absolute Gasteiger partial charge is 0.480 e. The summed E-state index contributed by atoms with van der Waals surface area (Å²) in [5, 5.41) is 17.6. The Bertz CT molecular complexity index is 538. The number of thiophene rings is 1. The Morgan fingerprint density at radius 3 is 2.95 bits per heavy atom. The average Bonchev–Trinajstić information content (AvgIpc) is 3.00. The normalized spacial score (nSPS) is 11.8. The number of hydrogen-bond donors (Lipinski definition) is 4. The number of amides is 2. The number of aromatic amines is 1. The predicted molar refractivity (Wildman–Crippen MR) is 70.2 cm³/mol. The van der Waals surface area contributed by atoms with E-state index in [9.17, 15) is 9.59 Å². The van der Waals surface area contributed by atoms with Crippen LogP contribution in [0.5, 0.6) is 0 Å². The summed E-state index contributed by atoms with van der Waals surface area (Å²) in [6, 6.07) is 0.166. The lowest BCUT2D eigenvalue weighted by Gasteiger charge is -2.13. The monoisotopic (exact) mass is 280 g/mol. The molecule has 2 rings (SSSR count). The fourth-order valence-corrected chi connectivity index (χ4v) is 2.07. The minimum atomic E-state index is -1.10. The third kappa shape index (κ3) is 3.81. The Morgan fingerprint density at radius 1 is 1.53 bits per heavy atom. The first-order valence-electron chi connectivity index (χ1n) is 5.45. The fraction of sp³-hybridized carbons (Fsp3) is 0.182. The molecule has 100 valence electrons. The molecule has 0 fully saturated rings. The van der Waals surface area contributed by atoms with Crippen molar-refractivity contribution in [2.75, 3.05) is 5.32 Å². The summed E-state index contributed by atoms with van der Waals surface area (Å²) in [7, 11) is 0. The van der Waals surface area contributed by atoms with Gasteiger partial charge in [-0.25, -0.2) is 14.6 Å². The van der Waals surface area contributed by atoms with Crippen molar-refractivity contribution >= 4 is 29.0 Å². The summed E-state index contributed by atoms with van der Waals surface area (Å²) in [5.41, 5.74) is 1.27. The van der Waals surface area contributed by atoms with Crippen molar-refractivity contribution in [2.45, 2.75) is 12.5 Å². The molecule has 2 amide bonds. The fourth-order valence-electron chi connectivity index (χ4n) is 1.48. The number of hydrogen-bond acceptors (Lipinski definition) is 4. The van der Waals surface area contributed by atoms with Crippen molar-refractivity contribution in [2.24, 2.45) is 0 Å². The van der Waals surface area contributed by atoms with Crippen LogP contribution in [-0.2, 0) is 11.2 Å². The summed E-state index contributed by atoms with van der Waals surface area (Å²) >= 11 is 1.44. The van der Waals surface area contributed by atoms with E-state index in [1.54, 1.807) is 11.4 Å². The van der Waals surface area contributed by atoms with Crippen LogP contribution in [0.25, 0.3) is 0 Å². The number of urea groups is 1. The van der Waals surface area contributed by atoms with Gasteiger partial charge in [0.2, 0.25) is 0 Å². The Balaban J connectivity index is 1.93. The molecule has 2 heterocycles. The number of rotatable bonds is 5. The number of carboxylic acid groups (broad SMARTS) is 1. The number of nitrogens with one attached hydrogen (secondary N) is 3. The van der Waals surface area contributed by atoms with Gasteiger partial charge in [-0.05, 0) is 11.4 Å². The van der Waals surface area contributed by atoms with Gasteiger partial charge in [-0.2, -0.15) is 11.3 Å². The maximum Gasteiger partial charge on any atom is 0.326 e. The van der Waals surface area contributed by atoms with Gasteiger partial charge in [0.15, 0.2) is 0 Å². The Kier molecular flexibility index (Phi) is 4.14. The molecule has 0 aromatic carbocycles. The molecule has 0 saturated heterocycles. The second kappa shape index (κ2) is 6.01. The first kappa shape index (κ1) is 13.1. The number of aliphatic carboxylic acids is 1. The van der Waals surface area contributed by atoms with Crippen LogP contribution >= 0.6 is 11.3 Å². The number of anilines is 1. The molecule has 2 aromatic rings. The zero-order valence-electron chi connectivity index (χ0n) is 9.79. The molecule has 0 aliphatic carbocycles. The summed E-state index contributed by atoms with van der Waals surface area (Å²) in [6.45, 7) is 0. The zero-order valence-corrected chi connectivity index (χ0v) is 10.6. The first-order chi connectivity index (χ1) is 9.15. The maximum atomic E-state index is 11.6. The maximum absolute atomic E-state index is 11.6. The van der Waals surface area contributed by atoms with E-state index in [2.05, 4.69) is 20.6 Å². The second-order valence-corrected chi connectivity index (χ2v) is 4.56. The Morgan fingerprint density at radius 2 is 2.37 bits per heavy atom. The zero-order chi connectivity index (χ0) is 13.7. The molecule has 19 heavy (non-hydrogen) atoms. The molecule has 0 aliphatic rings. The number of nitrogens with zero attached hydrogens (tertiary/aromatic N) is 1. The highest BCUT2D eigenvalue weighted by Crippen LogP contribution is 2.11. The van der Waals surface area contributed by atoms with Gasteiger partial charge in [0.05, 0.1) is 12.0 Å². The smallest absolute Gasteiger partial charge is 0.326 e. The number of carboxylic acids is 1. The van der Waals surface area contributed by atoms with Crippen LogP contribution in [0.2, 0.25) is 0 Å². The minimum Gasteiger partial charge on any atom is -0.480 e. The van der Waals surface area contributed by atoms with Crippen molar-refractivity contribution in [3.05, 3.63) is 35.0 Å². The lowest BCUT2D eigenvalue weighted by atomic mass is 10.2. The standard InChI is InChI=1S/C11H12N4O3S/c16-10(17)9(3-8-4-12-6-13-8)15-11(18)14-7-1-2-19-5-7/h1-2,4-6,9H,3H2,(H,12,13)(H,16,17)(H2,14,15,18)/t9-/m1/s1. The number of H-pyrrole nitrogens is 1. The molecule has 0 radical (unpaired) electrons. The number of imidazole rings is 1. The highest BCUT2D eigenvalue weighted by Gasteiger charge is 2.21. The molecule has 0 saturated carbocycles. The van der Waals surface area contributed by atoms with Crippen LogP contribution < -0.4 is 10.6 Å². The molecule has 4 N–H and O–H groups in total. The van der Waals surface area contributed by atoms with E-state index >= 15 is 0 Å². The van der Waals surface area contributed by atoms with Gasteiger partial charge in [0, 0.05) is 23.7 Å². The van der Waals surface area contributed by atoms with Crippen LogP contribution in [-0.4, -0.2) is 33.1 Å². The Labute approximate surface area is 112 Å². The van der Waals surface area contributed by atoms with Crippen molar-refractivity contribution in [3.8, 4) is 0 Å². The topological polar surface area (TPSA) is 107 Å². The van der Waals surface area contributed by atoms with Crippen molar-refractivity contribution in [1.82, 2.24) is 15.3 Å². The van der Waals surface area contributed by atoms with E-state index in [1.807, 2.05) is 5.38 Å². The summed E-state index contributed by atoms with van der Waals surface area (Å²) < 4.78 is 0. The second-order valence-electron chi connectivity index (χ2n) is 3.78. The van der Waals surface area contributed by atoms with Gasteiger partial charge < -0.3 is 20.7 Å². The van der Waals surface area contributed by atoms with Gasteiger partial charge in [0.1, 0.15) is 6.04 Å². The molecule has 2 aromatic heterocycles.